The van der Waals surface area contributed by atoms with Gasteiger partial charge in [0.1, 0.15) is 15.7 Å². The average Bonchev–Trinajstić information content (AvgIpc) is 3.37. The Morgan fingerprint density at radius 2 is 1.93 bits per heavy atom. The van der Waals surface area contributed by atoms with Gasteiger partial charge in [-0.2, -0.15) is 0 Å². The molecular formula is C20H32FN3O2S. The maximum Gasteiger partial charge on any atom is 0.191 e. The molecule has 0 unspecified atom stereocenters. The van der Waals surface area contributed by atoms with Gasteiger partial charge in [-0.1, -0.05) is 32.0 Å². The van der Waals surface area contributed by atoms with Crippen molar-refractivity contribution in [1.82, 2.24) is 10.6 Å². The molecule has 1 aliphatic rings. The highest BCUT2D eigenvalue weighted by atomic mass is 32.2. The van der Waals surface area contributed by atoms with Crippen molar-refractivity contribution in [3.63, 3.8) is 0 Å². The number of hydrogen-bond acceptors (Lipinski definition) is 3. The minimum Gasteiger partial charge on any atom is -0.357 e. The molecule has 0 aromatic heterocycles. The van der Waals surface area contributed by atoms with E-state index in [2.05, 4.69) is 15.6 Å². The normalized spacial score (nSPS) is 16.9. The van der Waals surface area contributed by atoms with Gasteiger partial charge in [0.2, 0.25) is 0 Å². The summed E-state index contributed by atoms with van der Waals surface area (Å²) in [4.78, 5) is 4.64. The number of sulfone groups is 1. The second kappa shape index (κ2) is 8.59. The van der Waals surface area contributed by atoms with E-state index in [-0.39, 0.29) is 22.4 Å². The lowest BCUT2D eigenvalue weighted by molar-refractivity contribution is 0.365. The lowest BCUT2D eigenvalue weighted by Gasteiger charge is -2.24. The first-order valence-corrected chi connectivity index (χ1v) is 11.6. The Hall–Kier alpha value is -1.63. The highest BCUT2D eigenvalue weighted by Crippen LogP contribution is 2.48. The lowest BCUT2D eigenvalue weighted by Crippen LogP contribution is -2.42. The summed E-state index contributed by atoms with van der Waals surface area (Å²) in [5, 5.41) is 6.57. The largest absolute Gasteiger partial charge is 0.357 e. The van der Waals surface area contributed by atoms with Gasteiger partial charge in [0.05, 0.1) is 5.75 Å². The van der Waals surface area contributed by atoms with Crippen molar-refractivity contribution in [1.29, 1.82) is 0 Å². The molecule has 0 aliphatic heterocycles. The highest BCUT2D eigenvalue weighted by molar-refractivity contribution is 7.90. The fraction of sp³-hybridized carbons (Fsp3) is 0.650. The first-order chi connectivity index (χ1) is 12.6. The summed E-state index contributed by atoms with van der Waals surface area (Å²) in [6, 6.07) is 6.97. The van der Waals surface area contributed by atoms with E-state index in [4.69, 9.17) is 0 Å². The van der Waals surface area contributed by atoms with Crippen LogP contribution in [0.4, 0.5) is 4.39 Å². The van der Waals surface area contributed by atoms with Crippen LogP contribution in [0.25, 0.3) is 0 Å². The molecule has 7 heteroatoms. The zero-order chi connectivity index (χ0) is 20.1. The van der Waals surface area contributed by atoms with Crippen LogP contribution in [0, 0.1) is 11.2 Å². The molecule has 1 saturated carbocycles. The number of aliphatic imine (C=N–C) groups is 1. The summed E-state index contributed by atoms with van der Waals surface area (Å²) in [5.41, 5.74) is 0.392. The molecule has 2 N–H and O–H groups in total. The molecule has 0 radical (unpaired) electrons. The number of guanidine groups is 1. The number of hydrogen-bond donors (Lipinski definition) is 2. The Bertz CT molecular complexity index is 771. The number of benzene rings is 1. The van der Waals surface area contributed by atoms with Gasteiger partial charge >= 0.3 is 0 Å². The van der Waals surface area contributed by atoms with Crippen molar-refractivity contribution in [2.24, 2.45) is 10.4 Å². The van der Waals surface area contributed by atoms with Crippen LogP contribution < -0.4 is 10.6 Å². The molecule has 152 valence electrons. The summed E-state index contributed by atoms with van der Waals surface area (Å²) in [5.74, 6) is 0.698. The van der Waals surface area contributed by atoms with Gasteiger partial charge in [-0.05, 0) is 43.2 Å². The van der Waals surface area contributed by atoms with Gasteiger partial charge in [0.25, 0.3) is 0 Å². The number of nitrogens with zero attached hydrogens (tertiary/aromatic N) is 1. The predicted octanol–water partition coefficient (Wildman–Crippen LogP) is 2.87. The number of halogens is 1. The van der Waals surface area contributed by atoms with Crippen molar-refractivity contribution >= 4 is 15.8 Å². The first kappa shape index (κ1) is 21.7. The van der Waals surface area contributed by atoms with Crippen LogP contribution in [0.15, 0.2) is 29.3 Å². The zero-order valence-corrected chi connectivity index (χ0v) is 17.6. The molecular weight excluding hydrogens is 365 g/mol. The van der Waals surface area contributed by atoms with Crippen molar-refractivity contribution in [2.45, 2.75) is 45.4 Å². The van der Waals surface area contributed by atoms with E-state index in [9.17, 15) is 12.8 Å². The molecule has 0 amide bonds. The Morgan fingerprint density at radius 1 is 1.26 bits per heavy atom. The molecule has 0 heterocycles. The summed E-state index contributed by atoms with van der Waals surface area (Å²) >= 11 is 0. The molecule has 0 atom stereocenters. The number of nitrogens with one attached hydrogen (secondary N) is 2. The van der Waals surface area contributed by atoms with Crippen LogP contribution >= 0.6 is 0 Å². The van der Waals surface area contributed by atoms with Crippen LogP contribution in [0.2, 0.25) is 0 Å². The van der Waals surface area contributed by atoms with Gasteiger partial charge in [0, 0.05) is 31.3 Å². The Kier molecular flexibility index (Phi) is 6.89. The standard InChI is InChI=1S/C20H32FN3O2S/c1-5-22-18(23-14-19(2,3)12-13-27(4,25)26)24-15-20(10-11-20)16-8-6-7-9-17(16)21/h6-9H,5,10-15H2,1-4H3,(H2,22,23,24). The third-order valence-electron chi connectivity index (χ3n) is 5.05. The fourth-order valence-corrected chi connectivity index (χ4v) is 3.94. The van der Waals surface area contributed by atoms with Crippen LogP contribution in [-0.4, -0.2) is 46.0 Å². The molecule has 27 heavy (non-hydrogen) atoms. The van der Waals surface area contributed by atoms with E-state index in [0.29, 0.717) is 25.5 Å². The summed E-state index contributed by atoms with van der Waals surface area (Å²) < 4.78 is 37.0. The van der Waals surface area contributed by atoms with Gasteiger partial charge in [0.15, 0.2) is 5.96 Å². The fourth-order valence-electron chi connectivity index (χ4n) is 3.01. The van der Waals surface area contributed by atoms with Crippen LogP contribution in [0.3, 0.4) is 0 Å². The minimum atomic E-state index is -2.98. The van der Waals surface area contributed by atoms with E-state index in [1.54, 1.807) is 6.07 Å². The van der Waals surface area contributed by atoms with Crippen molar-refractivity contribution in [2.75, 3.05) is 31.6 Å². The van der Waals surface area contributed by atoms with Gasteiger partial charge in [-0.15, -0.1) is 0 Å². The van der Waals surface area contributed by atoms with Crippen LogP contribution in [0.5, 0.6) is 0 Å². The lowest BCUT2D eigenvalue weighted by atomic mass is 9.90. The molecule has 1 aromatic rings. The molecule has 0 saturated heterocycles. The van der Waals surface area contributed by atoms with Gasteiger partial charge < -0.3 is 10.6 Å². The third-order valence-corrected chi connectivity index (χ3v) is 6.00. The Balaban J connectivity index is 1.99. The average molecular weight is 398 g/mol. The quantitative estimate of drug-likeness (QED) is 0.497. The van der Waals surface area contributed by atoms with Gasteiger partial charge in [-0.25, -0.2) is 12.8 Å². The van der Waals surface area contributed by atoms with E-state index in [1.165, 1.54) is 12.3 Å². The van der Waals surface area contributed by atoms with Crippen molar-refractivity contribution in [3.05, 3.63) is 35.6 Å². The summed E-state index contributed by atoms with van der Waals surface area (Å²) in [7, 11) is -2.98. The number of rotatable bonds is 9. The topological polar surface area (TPSA) is 70.6 Å². The van der Waals surface area contributed by atoms with Gasteiger partial charge in [-0.3, -0.25) is 4.99 Å². The van der Waals surface area contributed by atoms with Crippen molar-refractivity contribution < 1.29 is 12.8 Å². The molecule has 0 spiro atoms. The summed E-state index contributed by atoms with van der Waals surface area (Å²) in [6.45, 7) is 7.91. The Morgan fingerprint density at radius 3 is 2.48 bits per heavy atom. The molecule has 1 aliphatic carbocycles. The summed E-state index contributed by atoms with van der Waals surface area (Å²) in [6.07, 6.45) is 3.74. The van der Waals surface area contributed by atoms with E-state index < -0.39 is 9.84 Å². The second-order valence-electron chi connectivity index (χ2n) is 8.35. The molecule has 0 bridgehead atoms. The van der Waals surface area contributed by atoms with Crippen molar-refractivity contribution in [3.8, 4) is 0 Å². The minimum absolute atomic E-state index is 0.152. The molecule has 2 rings (SSSR count). The third kappa shape index (κ3) is 6.79. The highest BCUT2D eigenvalue weighted by Gasteiger charge is 2.45. The smallest absolute Gasteiger partial charge is 0.191 e. The molecule has 1 aromatic carbocycles. The SMILES string of the molecule is CCNC(=NCC(C)(C)CCS(C)(=O)=O)NCC1(c2ccccc2F)CC1. The predicted molar refractivity (Wildman–Crippen MR) is 109 cm³/mol. The monoisotopic (exact) mass is 397 g/mol. The second-order valence-corrected chi connectivity index (χ2v) is 10.6. The zero-order valence-electron chi connectivity index (χ0n) is 16.8. The van der Waals surface area contributed by atoms with Crippen LogP contribution in [-0.2, 0) is 15.3 Å². The first-order valence-electron chi connectivity index (χ1n) is 9.52. The maximum atomic E-state index is 14.2. The van der Waals surface area contributed by atoms with Crippen LogP contribution in [0.1, 0.15) is 45.6 Å². The molecule has 1 fully saturated rings. The van der Waals surface area contributed by atoms with E-state index >= 15 is 0 Å². The Labute approximate surface area is 162 Å². The molecule has 5 nitrogen and oxygen atoms in total. The van der Waals surface area contributed by atoms with E-state index in [0.717, 1.165) is 24.9 Å². The van der Waals surface area contributed by atoms with E-state index in [1.807, 2.05) is 32.9 Å². The maximum absolute atomic E-state index is 14.2.